The van der Waals surface area contributed by atoms with Gasteiger partial charge in [0, 0.05) is 12.3 Å². The van der Waals surface area contributed by atoms with Gasteiger partial charge in [-0.05, 0) is 0 Å². The largest absolute Gasteiger partial charge is 0.425 e. The Balaban J connectivity index is 3.35. The minimum atomic E-state index is 0.0278. The Hall–Kier alpha value is -1.32. The maximum atomic E-state index is 8.59. The first-order valence-corrected chi connectivity index (χ1v) is 2.07. The van der Waals surface area contributed by atoms with Gasteiger partial charge in [0.05, 0.1) is 0 Å². The lowest BCUT2D eigenvalue weighted by Gasteiger charge is -1.89. The van der Waals surface area contributed by atoms with Crippen molar-refractivity contribution in [2.75, 3.05) is 0 Å². The third kappa shape index (κ3) is 0.676. The number of aromatic nitrogens is 2. The molecule has 8 heavy (non-hydrogen) atoms. The van der Waals surface area contributed by atoms with Crippen LogP contribution in [0.15, 0.2) is 18.6 Å². The van der Waals surface area contributed by atoms with Crippen molar-refractivity contribution in [1.82, 2.24) is 9.71 Å². The van der Waals surface area contributed by atoms with E-state index >= 15 is 0 Å². The Morgan fingerprint density at radius 1 is 1.75 bits per heavy atom. The molecule has 1 heterocycles. The van der Waals surface area contributed by atoms with Gasteiger partial charge in [-0.2, -0.15) is 4.73 Å². The predicted octanol–water partition coefficient (Wildman–Crippen LogP) is -0.400. The molecular weight excluding hydrogens is 106 g/mol. The lowest BCUT2D eigenvalue weighted by Crippen LogP contribution is -2.15. The maximum absolute atomic E-state index is 8.59. The minimum absolute atomic E-state index is 0.0278. The normalized spacial score (nSPS) is 9.00. The molecule has 2 N–H and O–H groups in total. The zero-order valence-corrected chi connectivity index (χ0v) is 4.07. The molecule has 4 nitrogen and oxygen atoms in total. The summed E-state index contributed by atoms with van der Waals surface area (Å²) in [6.45, 7) is 0. The van der Waals surface area contributed by atoms with Crippen molar-refractivity contribution < 1.29 is 5.21 Å². The van der Waals surface area contributed by atoms with Crippen LogP contribution >= 0.6 is 0 Å². The highest BCUT2D eigenvalue weighted by Gasteiger charge is 1.79. The molecule has 0 radical (unpaired) electrons. The molecule has 0 unspecified atom stereocenters. The van der Waals surface area contributed by atoms with Crippen LogP contribution in [0.1, 0.15) is 0 Å². The second-order valence-electron chi connectivity index (χ2n) is 1.31. The molecule has 0 fully saturated rings. The van der Waals surface area contributed by atoms with E-state index in [0.717, 1.165) is 6.33 Å². The van der Waals surface area contributed by atoms with Gasteiger partial charge in [-0.1, -0.05) is 0 Å². The first-order chi connectivity index (χ1) is 3.80. The van der Waals surface area contributed by atoms with E-state index in [1.807, 2.05) is 0 Å². The van der Waals surface area contributed by atoms with Crippen molar-refractivity contribution in [2.24, 2.45) is 0 Å². The zero-order valence-electron chi connectivity index (χ0n) is 4.07. The van der Waals surface area contributed by atoms with Gasteiger partial charge >= 0.3 is 0 Å². The molecule has 0 aliphatic carbocycles. The third-order valence-corrected chi connectivity index (χ3v) is 0.741. The summed E-state index contributed by atoms with van der Waals surface area (Å²) < 4.78 is 0.639. The van der Waals surface area contributed by atoms with Crippen LogP contribution in [0.3, 0.4) is 0 Å². The Bertz CT molecular complexity index is 229. The van der Waals surface area contributed by atoms with Gasteiger partial charge in [-0.15, -0.1) is 0 Å². The Morgan fingerprint density at radius 2 is 2.50 bits per heavy atom. The third-order valence-electron chi connectivity index (χ3n) is 0.741. The molecule has 0 aliphatic heterocycles. The minimum Gasteiger partial charge on any atom is -0.425 e. The van der Waals surface area contributed by atoms with Crippen LogP contribution in [-0.4, -0.2) is 14.9 Å². The molecule has 0 saturated carbocycles. The summed E-state index contributed by atoms with van der Waals surface area (Å²) in [6.07, 6.45) is 2.59. The van der Waals surface area contributed by atoms with Crippen LogP contribution < -0.4 is 5.49 Å². The summed E-state index contributed by atoms with van der Waals surface area (Å²) in [5.74, 6) is 0. The first-order valence-electron chi connectivity index (χ1n) is 2.07. The monoisotopic (exact) mass is 111 g/mol. The van der Waals surface area contributed by atoms with Crippen molar-refractivity contribution in [1.29, 1.82) is 5.41 Å². The van der Waals surface area contributed by atoms with E-state index in [4.69, 9.17) is 10.6 Å². The van der Waals surface area contributed by atoms with Crippen molar-refractivity contribution in [3.63, 3.8) is 0 Å². The quantitative estimate of drug-likeness (QED) is 0.447. The summed E-state index contributed by atoms with van der Waals surface area (Å²) in [4.78, 5) is 3.54. The molecule has 0 bridgehead atoms. The van der Waals surface area contributed by atoms with Crippen LogP contribution in [0, 0.1) is 5.41 Å². The van der Waals surface area contributed by atoms with Gasteiger partial charge < -0.3 is 5.21 Å². The molecule has 0 aliphatic rings. The first kappa shape index (κ1) is 4.83. The zero-order chi connectivity index (χ0) is 5.98. The second kappa shape index (κ2) is 1.65. The molecule has 1 aromatic rings. The van der Waals surface area contributed by atoms with E-state index in [0.29, 0.717) is 4.73 Å². The number of hydrogen-bond donors (Lipinski definition) is 2. The fourth-order valence-corrected chi connectivity index (χ4v) is 0.354. The van der Waals surface area contributed by atoms with Gasteiger partial charge in [-0.3, -0.25) is 5.41 Å². The molecule has 1 rings (SSSR count). The topological polar surface area (TPSA) is 61.9 Å². The molecular formula is C4H5N3O. The van der Waals surface area contributed by atoms with Crippen molar-refractivity contribution in [3.05, 3.63) is 24.1 Å². The molecule has 42 valence electrons. The predicted molar refractivity (Wildman–Crippen MR) is 25.3 cm³/mol. The van der Waals surface area contributed by atoms with Crippen LogP contribution in [0.4, 0.5) is 0 Å². The summed E-state index contributed by atoms with van der Waals surface area (Å²) in [6, 6.07) is 1.39. The molecule has 0 amide bonds. The number of hydrogen-bond acceptors (Lipinski definition) is 3. The average molecular weight is 111 g/mol. The molecule has 0 spiro atoms. The van der Waals surface area contributed by atoms with Crippen LogP contribution in [-0.2, 0) is 0 Å². The number of rotatable bonds is 0. The summed E-state index contributed by atoms with van der Waals surface area (Å²) in [5, 5.41) is 15.5. The van der Waals surface area contributed by atoms with E-state index in [9.17, 15) is 0 Å². The Kier molecular flexibility index (Phi) is 0.997. The molecule has 4 heteroatoms. The van der Waals surface area contributed by atoms with E-state index in [2.05, 4.69) is 4.98 Å². The van der Waals surface area contributed by atoms with Crippen molar-refractivity contribution in [2.45, 2.75) is 0 Å². The lowest BCUT2D eigenvalue weighted by molar-refractivity contribution is 0.166. The van der Waals surface area contributed by atoms with Crippen LogP contribution in [0.25, 0.3) is 0 Å². The maximum Gasteiger partial charge on any atom is 0.163 e. The van der Waals surface area contributed by atoms with Gasteiger partial charge in [-0.25, -0.2) is 4.98 Å². The Morgan fingerprint density at radius 3 is 2.88 bits per heavy atom. The molecule has 0 atom stereocenters. The number of nitrogens with zero attached hydrogens (tertiary/aromatic N) is 2. The summed E-state index contributed by atoms with van der Waals surface area (Å²) >= 11 is 0. The molecule has 0 aromatic carbocycles. The number of nitrogens with one attached hydrogen (secondary N) is 1. The lowest BCUT2D eigenvalue weighted by atomic mass is 10.7. The fraction of sp³-hybridized carbons (Fsp3) is 0. The van der Waals surface area contributed by atoms with Gasteiger partial charge in [0.25, 0.3) is 0 Å². The molecule has 1 aromatic heterocycles. The highest BCUT2D eigenvalue weighted by atomic mass is 16.5. The molecule has 0 saturated heterocycles. The summed E-state index contributed by atoms with van der Waals surface area (Å²) in [7, 11) is 0. The van der Waals surface area contributed by atoms with Gasteiger partial charge in [0.15, 0.2) is 5.49 Å². The van der Waals surface area contributed by atoms with E-state index in [1.54, 1.807) is 0 Å². The smallest absolute Gasteiger partial charge is 0.163 e. The van der Waals surface area contributed by atoms with Crippen LogP contribution in [0.2, 0.25) is 0 Å². The van der Waals surface area contributed by atoms with Gasteiger partial charge in [0.1, 0.15) is 6.33 Å². The second-order valence-corrected chi connectivity index (χ2v) is 1.31. The van der Waals surface area contributed by atoms with Crippen molar-refractivity contribution in [3.8, 4) is 0 Å². The highest BCUT2D eigenvalue weighted by molar-refractivity contribution is 4.75. The Labute approximate surface area is 45.5 Å². The van der Waals surface area contributed by atoms with E-state index in [1.165, 1.54) is 12.3 Å². The van der Waals surface area contributed by atoms with E-state index < -0.39 is 0 Å². The standard InChI is InChI=1S/C4H5N3O/c5-4-1-2-6-3-7(4)8/h1-3,5,8H. The SMILES string of the molecule is N=c1ccncn1O. The fourth-order valence-electron chi connectivity index (χ4n) is 0.354. The van der Waals surface area contributed by atoms with Crippen LogP contribution in [0.5, 0.6) is 0 Å². The highest BCUT2D eigenvalue weighted by Crippen LogP contribution is 1.64. The van der Waals surface area contributed by atoms with Crippen molar-refractivity contribution >= 4 is 0 Å². The van der Waals surface area contributed by atoms with E-state index in [-0.39, 0.29) is 5.49 Å². The average Bonchev–Trinajstić information content (AvgIpc) is 1.77. The summed E-state index contributed by atoms with van der Waals surface area (Å²) in [5.41, 5.74) is 0.0278. The van der Waals surface area contributed by atoms with Gasteiger partial charge in [0.2, 0.25) is 0 Å².